The molecule has 0 aliphatic heterocycles. The van der Waals surface area contributed by atoms with E-state index in [0.29, 0.717) is 6.54 Å². The van der Waals surface area contributed by atoms with Gasteiger partial charge in [-0.2, -0.15) is 0 Å². The number of nitrogens with zero attached hydrogens (tertiary/aromatic N) is 1. The third-order valence-electron chi connectivity index (χ3n) is 4.23. The molecule has 0 aromatic heterocycles. The molecule has 0 bridgehead atoms. The van der Waals surface area contributed by atoms with Crippen molar-refractivity contribution < 1.29 is 9.13 Å². The number of guanidine groups is 1. The molecule has 1 aliphatic rings. The largest absolute Gasteiger partial charge is 0.497 e. The van der Waals surface area contributed by atoms with Crippen molar-refractivity contribution >= 4 is 29.9 Å². The van der Waals surface area contributed by atoms with Crippen molar-refractivity contribution in [1.82, 2.24) is 10.6 Å². The predicted octanol–water partition coefficient (Wildman–Crippen LogP) is 3.67. The van der Waals surface area contributed by atoms with Crippen molar-refractivity contribution in [3.05, 3.63) is 65.5 Å². The second-order valence-corrected chi connectivity index (χ2v) is 5.89. The van der Waals surface area contributed by atoms with Crippen molar-refractivity contribution in [2.45, 2.75) is 24.9 Å². The highest BCUT2D eigenvalue weighted by atomic mass is 127. The Labute approximate surface area is 164 Å². The topological polar surface area (TPSA) is 45.7 Å². The Morgan fingerprint density at radius 3 is 2.76 bits per heavy atom. The molecule has 4 nitrogen and oxygen atoms in total. The maximum atomic E-state index is 13.8. The molecule has 1 fully saturated rings. The lowest BCUT2D eigenvalue weighted by Crippen LogP contribution is -2.38. The van der Waals surface area contributed by atoms with E-state index in [1.54, 1.807) is 20.2 Å². The second kappa shape index (κ2) is 9.03. The summed E-state index contributed by atoms with van der Waals surface area (Å²) in [5, 5.41) is 6.64. The maximum Gasteiger partial charge on any atom is 0.191 e. The van der Waals surface area contributed by atoms with Gasteiger partial charge < -0.3 is 15.4 Å². The number of aliphatic imine (C=N–C) groups is 1. The van der Waals surface area contributed by atoms with Gasteiger partial charge in [0, 0.05) is 25.6 Å². The summed E-state index contributed by atoms with van der Waals surface area (Å²) >= 11 is 0. The van der Waals surface area contributed by atoms with Gasteiger partial charge in [-0.15, -0.1) is 24.0 Å². The summed E-state index contributed by atoms with van der Waals surface area (Å²) in [6.07, 6.45) is 0.917. The van der Waals surface area contributed by atoms with Gasteiger partial charge in [-0.25, -0.2) is 4.39 Å². The van der Waals surface area contributed by atoms with Crippen LogP contribution >= 0.6 is 24.0 Å². The molecule has 1 aliphatic carbocycles. The zero-order valence-electron chi connectivity index (χ0n) is 14.3. The normalized spacial score (nSPS) is 18.9. The highest BCUT2D eigenvalue weighted by Gasteiger charge is 2.40. The molecule has 2 unspecified atom stereocenters. The van der Waals surface area contributed by atoms with Gasteiger partial charge in [0.15, 0.2) is 5.96 Å². The number of rotatable bonds is 5. The summed E-state index contributed by atoms with van der Waals surface area (Å²) in [6.45, 7) is 0.647. The first-order valence-electron chi connectivity index (χ1n) is 8.06. The van der Waals surface area contributed by atoms with Crippen LogP contribution in [0, 0.1) is 5.82 Å². The highest BCUT2D eigenvalue weighted by Crippen LogP contribution is 2.41. The molecular formula is C19H23FIN3O. The van der Waals surface area contributed by atoms with Crippen molar-refractivity contribution in [2.24, 2.45) is 4.99 Å². The quantitative estimate of drug-likeness (QED) is 0.411. The summed E-state index contributed by atoms with van der Waals surface area (Å²) in [4.78, 5) is 4.25. The molecule has 2 aromatic rings. The fourth-order valence-corrected chi connectivity index (χ4v) is 2.81. The highest BCUT2D eigenvalue weighted by molar-refractivity contribution is 14.0. The van der Waals surface area contributed by atoms with Crippen LogP contribution < -0.4 is 15.4 Å². The molecule has 2 N–H and O–H groups in total. The summed E-state index contributed by atoms with van der Waals surface area (Å²) in [7, 11) is 3.39. The standard InChI is InChI=1S/C19H22FN3O.HI/c1-21-19(22-12-13-6-5-7-14(10-13)24-2)23-18-11-16(18)15-8-3-4-9-17(15)20;/h3-10,16,18H,11-12H2,1-2H3,(H2,21,22,23);1H. The van der Waals surface area contributed by atoms with E-state index in [-0.39, 0.29) is 41.8 Å². The predicted molar refractivity (Wildman–Crippen MR) is 109 cm³/mol. The molecule has 25 heavy (non-hydrogen) atoms. The van der Waals surface area contributed by atoms with Crippen LogP contribution in [-0.2, 0) is 6.54 Å². The van der Waals surface area contributed by atoms with Gasteiger partial charge in [0.05, 0.1) is 7.11 Å². The van der Waals surface area contributed by atoms with Crippen LogP contribution in [0.4, 0.5) is 4.39 Å². The van der Waals surface area contributed by atoms with E-state index in [0.717, 1.165) is 29.3 Å². The first-order valence-corrected chi connectivity index (χ1v) is 8.06. The van der Waals surface area contributed by atoms with Crippen LogP contribution in [-0.4, -0.2) is 26.2 Å². The Hall–Kier alpha value is -1.83. The monoisotopic (exact) mass is 455 g/mol. The van der Waals surface area contributed by atoms with Gasteiger partial charge in [0.25, 0.3) is 0 Å². The third kappa shape index (κ3) is 5.07. The van der Waals surface area contributed by atoms with Crippen LogP contribution in [0.3, 0.4) is 0 Å². The summed E-state index contributed by atoms with van der Waals surface area (Å²) in [5.74, 6) is 1.63. The number of hydrogen-bond acceptors (Lipinski definition) is 2. The van der Waals surface area contributed by atoms with E-state index in [2.05, 4.69) is 15.6 Å². The number of methoxy groups -OCH3 is 1. The summed E-state index contributed by atoms with van der Waals surface area (Å²) in [5.41, 5.74) is 1.89. The minimum Gasteiger partial charge on any atom is -0.497 e. The average molecular weight is 455 g/mol. The van der Waals surface area contributed by atoms with E-state index in [9.17, 15) is 4.39 Å². The van der Waals surface area contributed by atoms with E-state index in [1.807, 2.05) is 36.4 Å². The van der Waals surface area contributed by atoms with Gasteiger partial charge in [-0.3, -0.25) is 4.99 Å². The minimum atomic E-state index is -0.133. The molecule has 3 rings (SSSR count). The fraction of sp³-hybridized carbons (Fsp3) is 0.316. The van der Waals surface area contributed by atoms with E-state index < -0.39 is 0 Å². The number of halogens is 2. The SMILES string of the molecule is CN=C(NCc1cccc(OC)c1)NC1CC1c1ccccc1F.I. The first-order chi connectivity index (χ1) is 11.7. The molecule has 0 amide bonds. The van der Waals surface area contributed by atoms with Crippen LogP contribution in [0.25, 0.3) is 0 Å². The summed E-state index contributed by atoms with van der Waals surface area (Å²) in [6, 6.07) is 15.1. The molecule has 0 saturated heterocycles. The molecule has 2 atom stereocenters. The van der Waals surface area contributed by atoms with E-state index >= 15 is 0 Å². The van der Waals surface area contributed by atoms with Gasteiger partial charge in [0.1, 0.15) is 11.6 Å². The average Bonchev–Trinajstić information content (AvgIpc) is 3.38. The van der Waals surface area contributed by atoms with Gasteiger partial charge in [-0.05, 0) is 35.7 Å². The first kappa shape index (κ1) is 19.5. The molecule has 0 radical (unpaired) electrons. The van der Waals surface area contributed by atoms with Crippen LogP contribution in [0.15, 0.2) is 53.5 Å². The minimum absolute atomic E-state index is 0. The van der Waals surface area contributed by atoms with Gasteiger partial charge >= 0.3 is 0 Å². The van der Waals surface area contributed by atoms with Crippen molar-refractivity contribution in [3.63, 3.8) is 0 Å². The Balaban J connectivity index is 0.00000225. The van der Waals surface area contributed by atoms with E-state index in [1.165, 1.54) is 6.07 Å². The smallest absolute Gasteiger partial charge is 0.191 e. The molecule has 0 spiro atoms. The molecule has 2 aromatic carbocycles. The molecule has 1 saturated carbocycles. The Morgan fingerprint density at radius 2 is 2.04 bits per heavy atom. The zero-order chi connectivity index (χ0) is 16.9. The Morgan fingerprint density at radius 1 is 1.24 bits per heavy atom. The molecule has 134 valence electrons. The van der Waals surface area contributed by atoms with Crippen molar-refractivity contribution in [2.75, 3.05) is 14.2 Å². The summed E-state index contributed by atoms with van der Waals surface area (Å²) < 4.78 is 19.1. The Bertz CT molecular complexity index is 738. The number of hydrogen-bond donors (Lipinski definition) is 2. The maximum absolute atomic E-state index is 13.8. The molecule has 0 heterocycles. The zero-order valence-corrected chi connectivity index (χ0v) is 16.7. The van der Waals surface area contributed by atoms with Crippen molar-refractivity contribution in [1.29, 1.82) is 0 Å². The molecular weight excluding hydrogens is 432 g/mol. The fourth-order valence-electron chi connectivity index (χ4n) is 2.81. The number of ether oxygens (including phenoxy) is 1. The van der Waals surface area contributed by atoms with Gasteiger partial charge in [0.2, 0.25) is 0 Å². The lowest BCUT2D eigenvalue weighted by Gasteiger charge is -2.12. The van der Waals surface area contributed by atoms with Crippen molar-refractivity contribution in [3.8, 4) is 5.75 Å². The number of benzene rings is 2. The third-order valence-corrected chi connectivity index (χ3v) is 4.23. The molecule has 6 heteroatoms. The van der Waals surface area contributed by atoms with Crippen LogP contribution in [0.5, 0.6) is 5.75 Å². The van der Waals surface area contributed by atoms with Gasteiger partial charge in [-0.1, -0.05) is 30.3 Å². The Kier molecular flexibility index (Phi) is 7.04. The van der Waals surface area contributed by atoms with Crippen LogP contribution in [0.1, 0.15) is 23.5 Å². The lowest BCUT2D eigenvalue weighted by atomic mass is 10.1. The second-order valence-electron chi connectivity index (χ2n) is 5.89. The number of nitrogens with one attached hydrogen (secondary N) is 2. The lowest BCUT2D eigenvalue weighted by molar-refractivity contribution is 0.414. The van der Waals surface area contributed by atoms with E-state index in [4.69, 9.17) is 4.74 Å². The van der Waals surface area contributed by atoms with Crippen LogP contribution in [0.2, 0.25) is 0 Å².